The third kappa shape index (κ3) is 3.80. The van der Waals surface area contributed by atoms with Crippen LogP contribution in [-0.2, 0) is 7.05 Å². The van der Waals surface area contributed by atoms with E-state index < -0.39 is 0 Å². The highest BCUT2D eigenvalue weighted by molar-refractivity contribution is 5.36. The number of hydrogen-bond donors (Lipinski definition) is 0. The highest BCUT2D eigenvalue weighted by Crippen LogP contribution is 2.36. The minimum Gasteiger partial charge on any atom is -0.358 e. The standard InChI is InChI=1S/C18H25N7/c1-4-25-7-5-6-14(18(25)15-9-22-24(3)13-15)12-23(2)17-11-20-16(8-19)10-21-17/h9-11,13-14,18H,4-7,12H2,1-3H3/t14-,18+/m0/s1. The molecule has 0 N–H and O–H groups in total. The van der Waals surface area contributed by atoms with E-state index in [9.17, 15) is 0 Å². The number of aromatic nitrogens is 4. The van der Waals surface area contributed by atoms with E-state index in [1.807, 2.05) is 31.0 Å². The lowest BCUT2D eigenvalue weighted by Gasteiger charge is -2.42. The van der Waals surface area contributed by atoms with Crippen molar-refractivity contribution in [2.75, 3.05) is 31.6 Å². The summed E-state index contributed by atoms with van der Waals surface area (Å²) in [7, 11) is 4.01. The summed E-state index contributed by atoms with van der Waals surface area (Å²) in [5, 5.41) is 13.2. The van der Waals surface area contributed by atoms with Crippen molar-refractivity contribution in [2.45, 2.75) is 25.8 Å². The van der Waals surface area contributed by atoms with E-state index in [0.717, 1.165) is 25.5 Å². The van der Waals surface area contributed by atoms with Gasteiger partial charge in [-0.2, -0.15) is 10.4 Å². The first-order valence-corrected chi connectivity index (χ1v) is 8.78. The Morgan fingerprint density at radius 2 is 2.16 bits per heavy atom. The molecule has 2 atom stereocenters. The van der Waals surface area contributed by atoms with Crippen LogP contribution in [0.15, 0.2) is 24.8 Å². The van der Waals surface area contributed by atoms with Crippen LogP contribution in [0.1, 0.15) is 37.1 Å². The van der Waals surface area contributed by atoms with Gasteiger partial charge in [-0.25, -0.2) is 9.97 Å². The average molecular weight is 339 g/mol. The zero-order chi connectivity index (χ0) is 17.8. The summed E-state index contributed by atoms with van der Waals surface area (Å²) in [6.07, 6.45) is 9.73. The van der Waals surface area contributed by atoms with E-state index >= 15 is 0 Å². The number of nitrogens with zero attached hydrogens (tertiary/aromatic N) is 7. The molecule has 3 heterocycles. The highest BCUT2D eigenvalue weighted by Gasteiger charge is 2.33. The summed E-state index contributed by atoms with van der Waals surface area (Å²) in [5.41, 5.74) is 1.63. The molecule has 7 nitrogen and oxygen atoms in total. The minimum atomic E-state index is 0.347. The predicted molar refractivity (Wildman–Crippen MR) is 95.9 cm³/mol. The van der Waals surface area contributed by atoms with Crippen molar-refractivity contribution in [1.29, 1.82) is 5.26 Å². The van der Waals surface area contributed by atoms with Gasteiger partial charge in [-0.3, -0.25) is 9.58 Å². The Hall–Kier alpha value is -2.46. The lowest BCUT2D eigenvalue weighted by molar-refractivity contribution is 0.101. The number of rotatable bonds is 5. The normalized spacial score (nSPS) is 21.0. The van der Waals surface area contributed by atoms with Crippen LogP contribution in [0.2, 0.25) is 0 Å². The summed E-state index contributed by atoms with van der Waals surface area (Å²) < 4.78 is 1.88. The molecule has 7 heteroatoms. The van der Waals surface area contributed by atoms with E-state index in [4.69, 9.17) is 5.26 Å². The fourth-order valence-electron chi connectivity index (χ4n) is 3.79. The second-order valence-corrected chi connectivity index (χ2v) is 6.68. The Morgan fingerprint density at radius 1 is 1.32 bits per heavy atom. The van der Waals surface area contributed by atoms with Crippen LogP contribution in [0.4, 0.5) is 5.82 Å². The van der Waals surface area contributed by atoms with Gasteiger partial charge < -0.3 is 4.90 Å². The van der Waals surface area contributed by atoms with E-state index in [-0.39, 0.29) is 0 Å². The fraction of sp³-hybridized carbons (Fsp3) is 0.556. The molecule has 25 heavy (non-hydrogen) atoms. The fourth-order valence-corrected chi connectivity index (χ4v) is 3.79. The Bertz CT molecular complexity index is 731. The van der Waals surface area contributed by atoms with Gasteiger partial charge in [0.2, 0.25) is 0 Å². The van der Waals surface area contributed by atoms with Crippen LogP contribution in [0.3, 0.4) is 0 Å². The van der Waals surface area contributed by atoms with Gasteiger partial charge in [0.1, 0.15) is 11.9 Å². The van der Waals surface area contributed by atoms with Gasteiger partial charge in [0, 0.05) is 38.4 Å². The lowest BCUT2D eigenvalue weighted by atomic mass is 9.85. The lowest BCUT2D eigenvalue weighted by Crippen LogP contribution is -2.43. The quantitative estimate of drug-likeness (QED) is 0.829. The van der Waals surface area contributed by atoms with Gasteiger partial charge in [0.15, 0.2) is 5.69 Å². The molecule has 0 amide bonds. The monoisotopic (exact) mass is 339 g/mol. The van der Waals surface area contributed by atoms with Gasteiger partial charge in [-0.15, -0.1) is 0 Å². The maximum absolute atomic E-state index is 8.87. The van der Waals surface area contributed by atoms with Gasteiger partial charge in [0.05, 0.1) is 18.6 Å². The second kappa shape index (κ2) is 7.62. The Kier molecular flexibility index (Phi) is 5.29. The molecule has 0 aliphatic carbocycles. The van der Waals surface area contributed by atoms with Crippen LogP contribution in [0, 0.1) is 17.2 Å². The number of anilines is 1. The third-order valence-electron chi connectivity index (χ3n) is 4.98. The van der Waals surface area contributed by atoms with E-state index in [0.29, 0.717) is 17.7 Å². The molecule has 132 valence electrons. The smallest absolute Gasteiger partial charge is 0.158 e. The van der Waals surface area contributed by atoms with Crippen molar-refractivity contribution in [1.82, 2.24) is 24.6 Å². The molecular weight excluding hydrogens is 314 g/mol. The molecule has 2 aromatic heterocycles. The summed E-state index contributed by atoms with van der Waals surface area (Å²) in [4.78, 5) is 13.2. The van der Waals surface area contributed by atoms with E-state index in [1.165, 1.54) is 24.6 Å². The maximum Gasteiger partial charge on any atom is 0.158 e. The number of hydrogen-bond acceptors (Lipinski definition) is 6. The zero-order valence-electron chi connectivity index (χ0n) is 15.1. The molecule has 0 aromatic carbocycles. The Balaban J connectivity index is 1.79. The predicted octanol–water partition coefficient (Wildman–Crippen LogP) is 1.99. The molecule has 1 aliphatic heterocycles. The second-order valence-electron chi connectivity index (χ2n) is 6.68. The SMILES string of the molecule is CCN1CCC[C@@H](CN(C)c2cnc(C#N)cn2)[C@@H]1c1cnn(C)c1. The maximum atomic E-state index is 8.87. The molecule has 0 unspecified atom stereocenters. The van der Waals surface area contributed by atoms with Gasteiger partial charge in [0.25, 0.3) is 0 Å². The van der Waals surface area contributed by atoms with Crippen molar-refractivity contribution in [3.63, 3.8) is 0 Å². The molecule has 0 radical (unpaired) electrons. The number of nitriles is 1. The minimum absolute atomic E-state index is 0.347. The van der Waals surface area contributed by atoms with Crippen LogP contribution >= 0.6 is 0 Å². The molecule has 1 aliphatic rings. The van der Waals surface area contributed by atoms with Crippen molar-refractivity contribution in [3.05, 3.63) is 36.0 Å². The molecule has 0 saturated carbocycles. The molecule has 3 rings (SSSR count). The van der Waals surface area contributed by atoms with E-state index in [1.54, 1.807) is 6.20 Å². The first kappa shape index (κ1) is 17.4. The number of aryl methyl sites for hydroxylation is 1. The van der Waals surface area contributed by atoms with Gasteiger partial charge in [-0.1, -0.05) is 6.92 Å². The first-order valence-electron chi connectivity index (χ1n) is 8.78. The third-order valence-corrected chi connectivity index (χ3v) is 4.98. The Morgan fingerprint density at radius 3 is 2.76 bits per heavy atom. The number of piperidine rings is 1. The van der Waals surface area contributed by atoms with E-state index in [2.05, 4.69) is 38.0 Å². The van der Waals surface area contributed by atoms with Crippen molar-refractivity contribution in [3.8, 4) is 6.07 Å². The summed E-state index contributed by atoms with van der Waals surface area (Å²) in [5.74, 6) is 1.30. The van der Waals surface area contributed by atoms with Crippen LogP contribution in [0.25, 0.3) is 0 Å². The molecule has 0 bridgehead atoms. The number of likely N-dealkylation sites (tertiary alicyclic amines) is 1. The van der Waals surface area contributed by atoms with Gasteiger partial charge in [-0.05, 0) is 31.8 Å². The molecule has 1 fully saturated rings. The molecular formula is C18H25N7. The van der Waals surface area contributed by atoms with Crippen molar-refractivity contribution in [2.24, 2.45) is 13.0 Å². The summed E-state index contributed by atoms with van der Waals surface area (Å²) in [6.45, 7) is 5.29. The van der Waals surface area contributed by atoms with Crippen molar-refractivity contribution >= 4 is 5.82 Å². The van der Waals surface area contributed by atoms with Crippen LogP contribution in [0.5, 0.6) is 0 Å². The van der Waals surface area contributed by atoms with Crippen molar-refractivity contribution < 1.29 is 0 Å². The highest BCUT2D eigenvalue weighted by atomic mass is 15.3. The van der Waals surface area contributed by atoms with Gasteiger partial charge >= 0.3 is 0 Å². The zero-order valence-corrected chi connectivity index (χ0v) is 15.1. The average Bonchev–Trinajstić information content (AvgIpc) is 3.07. The Labute approximate surface area is 148 Å². The molecule has 1 saturated heterocycles. The largest absolute Gasteiger partial charge is 0.358 e. The summed E-state index contributed by atoms with van der Waals surface area (Å²) in [6, 6.07) is 2.39. The first-order chi connectivity index (χ1) is 12.1. The topological polar surface area (TPSA) is 73.9 Å². The van der Waals surface area contributed by atoms with Crippen LogP contribution < -0.4 is 4.90 Å². The summed E-state index contributed by atoms with van der Waals surface area (Å²) >= 11 is 0. The molecule has 0 spiro atoms. The van der Waals surface area contributed by atoms with Crippen LogP contribution in [-0.4, -0.2) is 51.3 Å². The molecule has 2 aromatic rings.